The number of hydrogen-bond donors (Lipinski definition) is 1. The maximum absolute atomic E-state index is 14.9. The lowest BCUT2D eigenvalue weighted by molar-refractivity contribution is 0.122. The predicted octanol–water partition coefficient (Wildman–Crippen LogP) is 4.07. The predicted molar refractivity (Wildman–Crippen MR) is 100 cm³/mol. The van der Waals surface area contributed by atoms with Gasteiger partial charge < -0.3 is 19.7 Å². The number of benzene rings is 1. The molecule has 26 heavy (non-hydrogen) atoms. The molecule has 1 saturated heterocycles. The molecule has 9 heteroatoms. The van der Waals surface area contributed by atoms with E-state index >= 15 is 0 Å². The van der Waals surface area contributed by atoms with Crippen LogP contribution in [0.25, 0.3) is 0 Å². The van der Waals surface area contributed by atoms with Gasteiger partial charge in [-0.1, -0.05) is 24.3 Å². The molecule has 0 spiro atoms. The Morgan fingerprint density at radius 2 is 2.12 bits per heavy atom. The van der Waals surface area contributed by atoms with Gasteiger partial charge in [0.15, 0.2) is 11.6 Å². The molecule has 1 N–H and O–H groups in total. The van der Waals surface area contributed by atoms with Crippen molar-refractivity contribution >= 4 is 40.4 Å². The third-order valence-corrected chi connectivity index (χ3v) is 4.19. The fraction of sp³-hybridized carbons (Fsp3) is 0.294. The quantitative estimate of drug-likeness (QED) is 0.584. The molecule has 0 unspecified atom stereocenters. The average Bonchev–Trinajstić information content (AvgIpc) is 2.65. The second-order valence-corrected chi connectivity index (χ2v) is 6.21. The smallest absolute Gasteiger partial charge is 0.224 e. The summed E-state index contributed by atoms with van der Waals surface area (Å²) in [6.45, 7) is 6.40. The number of nitrogens with zero attached hydrogens (tertiary/aromatic N) is 3. The molecule has 1 aromatic carbocycles. The normalized spacial score (nSPS) is 14.2. The van der Waals surface area contributed by atoms with Gasteiger partial charge in [0.2, 0.25) is 5.28 Å². The van der Waals surface area contributed by atoms with E-state index in [1.54, 1.807) is 12.1 Å². The maximum atomic E-state index is 14.9. The number of nitrogens with one attached hydrogen (secondary N) is 1. The molecule has 2 heterocycles. The minimum Gasteiger partial charge on any atom is -0.487 e. The summed E-state index contributed by atoms with van der Waals surface area (Å²) in [5, 5.41) is 3.05. The number of hydrogen-bond acceptors (Lipinski definition) is 6. The molecule has 6 nitrogen and oxygen atoms in total. The molecule has 138 valence electrons. The maximum Gasteiger partial charge on any atom is 0.224 e. The Balaban J connectivity index is 1.96. The summed E-state index contributed by atoms with van der Waals surface area (Å²) in [5.74, 6) is 0.00388. The van der Waals surface area contributed by atoms with Crippen LogP contribution < -0.4 is 15.0 Å². The molecule has 0 aliphatic carbocycles. The van der Waals surface area contributed by atoms with Crippen molar-refractivity contribution in [2.24, 2.45) is 0 Å². The fourth-order valence-electron chi connectivity index (χ4n) is 2.51. The summed E-state index contributed by atoms with van der Waals surface area (Å²) >= 11 is 11.9. The summed E-state index contributed by atoms with van der Waals surface area (Å²) in [6, 6.07) is 3.20. The van der Waals surface area contributed by atoms with Crippen molar-refractivity contribution in [1.82, 2.24) is 9.97 Å². The van der Waals surface area contributed by atoms with Crippen LogP contribution in [-0.4, -0.2) is 42.9 Å². The molecule has 2 aromatic rings. The van der Waals surface area contributed by atoms with Crippen LogP contribution in [0.2, 0.25) is 10.3 Å². The number of anilines is 3. The molecule has 1 aromatic heterocycles. The monoisotopic (exact) mass is 398 g/mol. The molecular formula is C17H17Cl2FN4O2. The summed E-state index contributed by atoms with van der Waals surface area (Å²) in [7, 11) is 0. The lowest BCUT2D eigenvalue weighted by Gasteiger charge is -2.29. The highest BCUT2D eigenvalue weighted by molar-refractivity contribution is 6.33. The zero-order valence-corrected chi connectivity index (χ0v) is 15.4. The van der Waals surface area contributed by atoms with Crippen molar-refractivity contribution in [1.29, 1.82) is 0 Å². The van der Waals surface area contributed by atoms with Gasteiger partial charge in [-0.15, -0.1) is 0 Å². The molecule has 0 radical (unpaired) electrons. The van der Waals surface area contributed by atoms with E-state index in [0.29, 0.717) is 37.7 Å². The molecule has 1 aliphatic heterocycles. The first kappa shape index (κ1) is 18.7. The Morgan fingerprint density at radius 3 is 2.85 bits per heavy atom. The van der Waals surface area contributed by atoms with Gasteiger partial charge in [0.1, 0.15) is 23.1 Å². The van der Waals surface area contributed by atoms with E-state index in [1.807, 2.05) is 4.90 Å². The van der Waals surface area contributed by atoms with Crippen LogP contribution in [0.4, 0.5) is 21.6 Å². The van der Waals surface area contributed by atoms with Gasteiger partial charge in [0.25, 0.3) is 0 Å². The molecule has 1 fully saturated rings. The summed E-state index contributed by atoms with van der Waals surface area (Å²) < 4.78 is 25.8. The second-order valence-electron chi connectivity index (χ2n) is 5.46. The van der Waals surface area contributed by atoms with Crippen molar-refractivity contribution < 1.29 is 13.9 Å². The third-order valence-electron chi connectivity index (χ3n) is 3.73. The first-order valence-corrected chi connectivity index (χ1v) is 8.69. The van der Waals surface area contributed by atoms with E-state index in [0.717, 1.165) is 0 Å². The summed E-state index contributed by atoms with van der Waals surface area (Å²) in [6.07, 6.45) is 2.92. The second kappa shape index (κ2) is 8.53. The topological polar surface area (TPSA) is 59.5 Å². The van der Waals surface area contributed by atoms with E-state index in [9.17, 15) is 4.39 Å². The summed E-state index contributed by atoms with van der Waals surface area (Å²) in [4.78, 5) is 9.79. The number of morpholine rings is 1. The van der Waals surface area contributed by atoms with Crippen molar-refractivity contribution in [2.45, 2.75) is 0 Å². The minimum atomic E-state index is -0.501. The Morgan fingerprint density at radius 1 is 1.35 bits per heavy atom. The Kier molecular flexibility index (Phi) is 6.13. The van der Waals surface area contributed by atoms with Gasteiger partial charge in [-0.3, -0.25) is 0 Å². The van der Waals surface area contributed by atoms with Crippen molar-refractivity contribution in [2.75, 3.05) is 43.1 Å². The molecule has 0 saturated carbocycles. The zero-order valence-electron chi connectivity index (χ0n) is 13.8. The van der Waals surface area contributed by atoms with Gasteiger partial charge in [0.05, 0.1) is 19.4 Å². The lowest BCUT2D eigenvalue weighted by atomic mass is 10.2. The minimum absolute atomic E-state index is 0.00388. The van der Waals surface area contributed by atoms with Gasteiger partial charge in [0, 0.05) is 24.8 Å². The van der Waals surface area contributed by atoms with Gasteiger partial charge >= 0.3 is 0 Å². The Hall–Kier alpha value is -2.09. The van der Waals surface area contributed by atoms with E-state index in [4.69, 9.17) is 32.7 Å². The van der Waals surface area contributed by atoms with Crippen LogP contribution >= 0.6 is 23.2 Å². The third kappa shape index (κ3) is 4.35. The van der Waals surface area contributed by atoms with Crippen LogP contribution in [0.1, 0.15) is 0 Å². The Labute approximate surface area is 160 Å². The highest BCUT2D eigenvalue weighted by Crippen LogP contribution is 2.36. The van der Waals surface area contributed by atoms with Gasteiger partial charge in [-0.25, -0.2) is 9.37 Å². The van der Waals surface area contributed by atoms with Crippen molar-refractivity contribution in [3.8, 4) is 5.75 Å². The number of aromatic nitrogens is 2. The van der Waals surface area contributed by atoms with E-state index in [-0.39, 0.29) is 28.4 Å². The highest BCUT2D eigenvalue weighted by atomic mass is 35.5. The van der Waals surface area contributed by atoms with Crippen LogP contribution in [0.3, 0.4) is 0 Å². The Bertz CT molecular complexity index is 801. The fourth-order valence-corrected chi connectivity index (χ4v) is 2.78. The standard InChI is InChI=1S/C17H17Cl2FN4O2/c1-2-5-26-14-9-11(24-3-6-25-7-4-24)8-13(20)15(14)22-16-12(18)10-21-17(19)23-16/h2,8-10H,1,3-7H2,(H,21,22,23). The highest BCUT2D eigenvalue weighted by Gasteiger charge is 2.19. The van der Waals surface area contributed by atoms with Crippen LogP contribution in [0, 0.1) is 5.82 Å². The van der Waals surface area contributed by atoms with Gasteiger partial charge in [-0.05, 0) is 17.7 Å². The van der Waals surface area contributed by atoms with E-state index < -0.39 is 5.82 Å². The number of halogens is 3. The molecule has 0 bridgehead atoms. The molecular weight excluding hydrogens is 382 g/mol. The molecule has 0 atom stereocenters. The van der Waals surface area contributed by atoms with Crippen LogP contribution in [-0.2, 0) is 4.74 Å². The zero-order chi connectivity index (χ0) is 18.5. The first-order chi connectivity index (χ1) is 12.6. The van der Waals surface area contributed by atoms with Gasteiger partial charge in [-0.2, -0.15) is 4.98 Å². The molecule has 1 aliphatic rings. The first-order valence-electron chi connectivity index (χ1n) is 7.93. The van der Waals surface area contributed by atoms with Crippen molar-refractivity contribution in [3.05, 3.63) is 47.1 Å². The van der Waals surface area contributed by atoms with E-state index in [1.165, 1.54) is 12.3 Å². The molecule has 3 rings (SSSR count). The number of rotatable bonds is 6. The van der Waals surface area contributed by atoms with Crippen molar-refractivity contribution in [3.63, 3.8) is 0 Å². The van der Waals surface area contributed by atoms with Crippen LogP contribution in [0.5, 0.6) is 5.75 Å². The average molecular weight is 399 g/mol. The van der Waals surface area contributed by atoms with Crippen LogP contribution in [0.15, 0.2) is 31.0 Å². The SMILES string of the molecule is C=CCOc1cc(N2CCOCC2)cc(F)c1Nc1nc(Cl)ncc1Cl. The largest absolute Gasteiger partial charge is 0.487 e. The lowest BCUT2D eigenvalue weighted by Crippen LogP contribution is -2.36. The number of ether oxygens (including phenoxy) is 2. The summed E-state index contributed by atoms with van der Waals surface area (Å²) in [5.41, 5.74) is 0.822. The van der Waals surface area contributed by atoms with E-state index in [2.05, 4.69) is 21.9 Å². The molecule has 0 amide bonds.